The highest BCUT2D eigenvalue weighted by Crippen LogP contribution is 2.28. The molecule has 0 amide bonds. The fourth-order valence-corrected chi connectivity index (χ4v) is 4.65. The molecule has 2 N–H and O–H groups in total. The number of thiophene rings is 1. The molecule has 2 unspecified atom stereocenters. The van der Waals surface area contributed by atoms with E-state index >= 15 is 0 Å². The second-order valence-electron chi connectivity index (χ2n) is 4.33. The molecule has 0 aromatic carbocycles. The Bertz CT molecular complexity index is 559. The molecule has 0 saturated heterocycles. The van der Waals surface area contributed by atoms with Crippen molar-refractivity contribution in [1.29, 1.82) is 5.26 Å². The first-order chi connectivity index (χ1) is 8.56. The van der Waals surface area contributed by atoms with Gasteiger partial charge in [0, 0.05) is 12.6 Å². The van der Waals surface area contributed by atoms with Crippen molar-refractivity contribution in [2.24, 2.45) is 5.92 Å². The average Bonchev–Trinajstić information content (AvgIpc) is 2.96. The van der Waals surface area contributed by atoms with Gasteiger partial charge >= 0.3 is 0 Å². The molecule has 0 spiro atoms. The lowest BCUT2D eigenvalue weighted by atomic mass is 10.1. The molecule has 0 radical (unpaired) electrons. The van der Waals surface area contributed by atoms with E-state index < -0.39 is 10.0 Å². The third kappa shape index (κ3) is 2.72. The third-order valence-corrected chi connectivity index (χ3v) is 6.13. The summed E-state index contributed by atoms with van der Waals surface area (Å²) in [4.78, 5) is 0.375. The number of aliphatic hydroxyl groups excluding tert-OH is 1. The Morgan fingerprint density at radius 3 is 2.89 bits per heavy atom. The zero-order valence-corrected chi connectivity index (χ0v) is 11.3. The molecule has 1 aliphatic carbocycles. The molecule has 0 aliphatic heterocycles. The van der Waals surface area contributed by atoms with Crippen LogP contribution in [0.1, 0.15) is 24.1 Å². The van der Waals surface area contributed by atoms with E-state index in [9.17, 15) is 13.5 Å². The summed E-state index contributed by atoms with van der Waals surface area (Å²) in [5.41, 5.74) is 0. The largest absolute Gasteiger partial charge is 0.396 e. The molecule has 7 heteroatoms. The Morgan fingerprint density at radius 1 is 1.50 bits per heavy atom. The summed E-state index contributed by atoms with van der Waals surface area (Å²) in [6, 6.07) is 4.65. The van der Waals surface area contributed by atoms with Crippen molar-refractivity contribution in [3.63, 3.8) is 0 Å². The normalized spacial score (nSPS) is 24.0. The van der Waals surface area contributed by atoms with E-state index in [1.807, 2.05) is 6.07 Å². The molecule has 2 rings (SSSR count). The lowest BCUT2D eigenvalue weighted by Crippen LogP contribution is -2.38. The van der Waals surface area contributed by atoms with Crippen LogP contribution >= 0.6 is 11.3 Å². The van der Waals surface area contributed by atoms with Crippen LogP contribution in [0.4, 0.5) is 0 Å². The van der Waals surface area contributed by atoms with Gasteiger partial charge in [-0.25, -0.2) is 13.1 Å². The summed E-state index contributed by atoms with van der Waals surface area (Å²) in [6.45, 7) is 0.00106. The van der Waals surface area contributed by atoms with E-state index in [4.69, 9.17) is 5.26 Å². The number of aliphatic hydroxyl groups is 1. The van der Waals surface area contributed by atoms with Crippen molar-refractivity contribution >= 4 is 21.4 Å². The fourth-order valence-electron chi connectivity index (χ4n) is 2.19. The first kappa shape index (κ1) is 13.5. The molecule has 1 aromatic rings. The van der Waals surface area contributed by atoms with Crippen LogP contribution in [0.25, 0.3) is 0 Å². The highest BCUT2D eigenvalue weighted by molar-refractivity contribution is 7.91. The molecule has 1 aromatic heterocycles. The fraction of sp³-hybridized carbons (Fsp3) is 0.545. The maximum atomic E-state index is 12.1. The summed E-state index contributed by atoms with van der Waals surface area (Å²) >= 11 is 0.958. The molecule has 1 heterocycles. The summed E-state index contributed by atoms with van der Waals surface area (Å²) < 4.78 is 27.0. The molecular formula is C11H14N2O3S2. The maximum absolute atomic E-state index is 12.1. The summed E-state index contributed by atoms with van der Waals surface area (Å²) in [6.07, 6.45) is 2.52. The average molecular weight is 286 g/mol. The van der Waals surface area contributed by atoms with Crippen LogP contribution in [0.3, 0.4) is 0 Å². The second-order valence-corrected chi connectivity index (χ2v) is 7.36. The highest BCUT2D eigenvalue weighted by atomic mass is 32.2. The van der Waals surface area contributed by atoms with Crippen LogP contribution in [-0.4, -0.2) is 26.2 Å². The standard InChI is InChI=1S/C11H14N2O3S2/c12-6-9-4-5-11(17-9)18(15,16)13-10-3-1-2-8(10)7-14/h4-5,8,10,13-14H,1-3,7H2. The zero-order valence-electron chi connectivity index (χ0n) is 9.67. The minimum absolute atomic E-state index is 0.00106. The predicted octanol–water partition coefficient (Wildman–Crippen LogP) is 1.06. The van der Waals surface area contributed by atoms with Crippen LogP contribution in [-0.2, 0) is 10.0 Å². The van der Waals surface area contributed by atoms with Gasteiger partial charge in [-0.05, 0) is 30.9 Å². The van der Waals surface area contributed by atoms with Crippen LogP contribution in [0.2, 0.25) is 0 Å². The van der Waals surface area contributed by atoms with Crippen molar-refractivity contribution in [1.82, 2.24) is 4.72 Å². The van der Waals surface area contributed by atoms with Gasteiger partial charge in [0.1, 0.15) is 15.2 Å². The Kier molecular flexibility index (Phi) is 4.02. The maximum Gasteiger partial charge on any atom is 0.250 e. The quantitative estimate of drug-likeness (QED) is 0.866. The Labute approximate surface area is 110 Å². The number of hydrogen-bond acceptors (Lipinski definition) is 5. The number of hydrogen-bond donors (Lipinski definition) is 2. The lowest BCUT2D eigenvalue weighted by Gasteiger charge is -2.18. The first-order valence-electron chi connectivity index (χ1n) is 5.70. The monoisotopic (exact) mass is 286 g/mol. The topological polar surface area (TPSA) is 90.2 Å². The van der Waals surface area contributed by atoms with Gasteiger partial charge in [-0.15, -0.1) is 11.3 Å². The molecule has 1 fully saturated rings. The minimum atomic E-state index is -3.57. The molecule has 5 nitrogen and oxygen atoms in total. The van der Waals surface area contributed by atoms with Crippen molar-refractivity contribution in [3.05, 3.63) is 17.0 Å². The first-order valence-corrected chi connectivity index (χ1v) is 8.00. The second kappa shape index (κ2) is 5.36. The molecule has 1 aliphatic rings. The molecule has 0 bridgehead atoms. The molecule has 98 valence electrons. The lowest BCUT2D eigenvalue weighted by molar-refractivity contribution is 0.213. The van der Waals surface area contributed by atoms with E-state index in [2.05, 4.69) is 4.72 Å². The minimum Gasteiger partial charge on any atom is -0.396 e. The Morgan fingerprint density at radius 2 is 2.28 bits per heavy atom. The number of sulfonamides is 1. The van der Waals surface area contributed by atoms with Crippen LogP contribution < -0.4 is 4.72 Å². The van der Waals surface area contributed by atoms with E-state index in [1.54, 1.807) is 0 Å². The number of nitrogens with zero attached hydrogens (tertiary/aromatic N) is 1. The van der Waals surface area contributed by atoms with E-state index in [-0.39, 0.29) is 22.8 Å². The highest BCUT2D eigenvalue weighted by Gasteiger charge is 2.31. The van der Waals surface area contributed by atoms with E-state index in [0.717, 1.165) is 30.6 Å². The number of nitrogens with one attached hydrogen (secondary N) is 1. The summed E-state index contributed by atoms with van der Waals surface area (Å²) in [5.74, 6) is -0.00447. The van der Waals surface area contributed by atoms with Crippen molar-refractivity contribution in [2.75, 3.05) is 6.61 Å². The van der Waals surface area contributed by atoms with Crippen molar-refractivity contribution in [2.45, 2.75) is 29.5 Å². The smallest absolute Gasteiger partial charge is 0.250 e. The number of rotatable bonds is 4. The van der Waals surface area contributed by atoms with Gasteiger partial charge in [-0.1, -0.05) is 6.42 Å². The van der Waals surface area contributed by atoms with Crippen molar-refractivity contribution in [3.8, 4) is 6.07 Å². The van der Waals surface area contributed by atoms with Crippen LogP contribution in [0, 0.1) is 17.2 Å². The van der Waals surface area contributed by atoms with Gasteiger partial charge in [0.2, 0.25) is 10.0 Å². The SMILES string of the molecule is N#Cc1ccc(S(=O)(=O)NC2CCCC2CO)s1. The van der Waals surface area contributed by atoms with Gasteiger partial charge in [0.25, 0.3) is 0 Å². The van der Waals surface area contributed by atoms with Gasteiger partial charge in [-0.3, -0.25) is 0 Å². The summed E-state index contributed by atoms with van der Waals surface area (Å²) in [7, 11) is -3.57. The summed E-state index contributed by atoms with van der Waals surface area (Å²) in [5, 5.41) is 17.9. The van der Waals surface area contributed by atoms with Gasteiger partial charge in [0.15, 0.2) is 0 Å². The third-order valence-electron chi connectivity index (χ3n) is 3.16. The van der Waals surface area contributed by atoms with Gasteiger partial charge < -0.3 is 5.11 Å². The Hall–Kier alpha value is -0.940. The molecule has 2 atom stereocenters. The zero-order chi connectivity index (χ0) is 13.2. The molecule has 1 saturated carbocycles. The van der Waals surface area contributed by atoms with Gasteiger partial charge in [-0.2, -0.15) is 5.26 Å². The van der Waals surface area contributed by atoms with Gasteiger partial charge in [0.05, 0.1) is 0 Å². The number of nitriles is 1. The molecule has 18 heavy (non-hydrogen) atoms. The Balaban J connectivity index is 2.14. The van der Waals surface area contributed by atoms with Crippen molar-refractivity contribution < 1.29 is 13.5 Å². The molecular weight excluding hydrogens is 272 g/mol. The van der Waals surface area contributed by atoms with E-state index in [1.165, 1.54) is 12.1 Å². The van der Waals surface area contributed by atoms with E-state index in [0.29, 0.717) is 4.88 Å². The van der Waals surface area contributed by atoms with Crippen LogP contribution in [0.5, 0.6) is 0 Å². The van der Waals surface area contributed by atoms with Crippen LogP contribution in [0.15, 0.2) is 16.3 Å². The predicted molar refractivity (Wildman–Crippen MR) is 67.6 cm³/mol.